The van der Waals surface area contributed by atoms with Crippen molar-refractivity contribution in [3.05, 3.63) is 57.8 Å². The largest absolute Gasteiger partial charge is 0.146 e. The standard InChI is InChI=1S/C14H15ClS/c1-11-7-8-13(16-11)9-10-14(15)12-5-3-2-4-6-12/h2-8,14H,9-10H2,1H3. The molecule has 84 valence electrons. The number of alkyl halides is 1. The van der Waals surface area contributed by atoms with E-state index in [1.807, 2.05) is 29.5 Å². The first-order valence-corrected chi connectivity index (χ1v) is 6.75. The van der Waals surface area contributed by atoms with Crippen LogP contribution in [0.5, 0.6) is 0 Å². The maximum atomic E-state index is 6.37. The molecule has 0 radical (unpaired) electrons. The number of benzene rings is 1. The lowest BCUT2D eigenvalue weighted by Crippen LogP contribution is -1.92. The van der Waals surface area contributed by atoms with Gasteiger partial charge in [-0.25, -0.2) is 0 Å². The number of halogens is 1. The van der Waals surface area contributed by atoms with Crippen molar-refractivity contribution < 1.29 is 0 Å². The molecule has 0 nitrogen and oxygen atoms in total. The van der Waals surface area contributed by atoms with Gasteiger partial charge in [0.2, 0.25) is 0 Å². The Morgan fingerprint density at radius 2 is 1.88 bits per heavy atom. The Kier molecular flexibility index (Phi) is 4.03. The van der Waals surface area contributed by atoms with E-state index in [-0.39, 0.29) is 5.38 Å². The molecule has 0 spiro atoms. The van der Waals surface area contributed by atoms with Crippen molar-refractivity contribution in [2.75, 3.05) is 0 Å². The van der Waals surface area contributed by atoms with Crippen LogP contribution in [0.15, 0.2) is 42.5 Å². The second-order valence-corrected chi connectivity index (χ2v) is 5.83. The molecule has 1 aromatic carbocycles. The van der Waals surface area contributed by atoms with Crippen LogP contribution < -0.4 is 0 Å². The molecule has 1 aromatic heterocycles. The summed E-state index contributed by atoms with van der Waals surface area (Å²) >= 11 is 8.23. The molecule has 16 heavy (non-hydrogen) atoms. The van der Waals surface area contributed by atoms with E-state index in [0.717, 1.165) is 12.8 Å². The molecular weight excluding hydrogens is 236 g/mol. The van der Waals surface area contributed by atoms with E-state index in [2.05, 4.69) is 31.2 Å². The van der Waals surface area contributed by atoms with Crippen molar-refractivity contribution in [3.8, 4) is 0 Å². The first-order valence-electron chi connectivity index (χ1n) is 5.50. The summed E-state index contributed by atoms with van der Waals surface area (Å²) in [6.07, 6.45) is 2.08. The molecule has 0 saturated carbocycles. The predicted octanol–water partition coefficient (Wildman–Crippen LogP) is 4.97. The Hall–Kier alpha value is -0.790. The molecule has 0 aliphatic rings. The summed E-state index contributed by atoms with van der Waals surface area (Å²) in [6, 6.07) is 14.7. The van der Waals surface area contributed by atoms with Crippen LogP contribution in [0, 0.1) is 6.92 Å². The Labute approximate surface area is 106 Å². The molecule has 0 amide bonds. The molecule has 2 aromatic rings. The quantitative estimate of drug-likeness (QED) is 0.672. The highest BCUT2D eigenvalue weighted by atomic mass is 35.5. The maximum absolute atomic E-state index is 6.37. The summed E-state index contributed by atoms with van der Waals surface area (Å²) in [5.74, 6) is 0. The number of aryl methyl sites for hydroxylation is 2. The minimum atomic E-state index is 0.128. The van der Waals surface area contributed by atoms with Crippen LogP contribution in [0.2, 0.25) is 0 Å². The molecule has 1 unspecified atom stereocenters. The molecule has 0 fully saturated rings. The molecule has 0 aliphatic heterocycles. The van der Waals surface area contributed by atoms with E-state index in [1.54, 1.807) is 0 Å². The van der Waals surface area contributed by atoms with Gasteiger partial charge in [0, 0.05) is 9.75 Å². The van der Waals surface area contributed by atoms with Gasteiger partial charge < -0.3 is 0 Å². The third-order valence-electron chi connectivity index (χ3n) is 2.60. The lowest BCUT2D eigenvalue weighted by molar-refractivity contribution is 0.803. The zero-order chi connectivity index (χ0) is 11.4. The number of hydrogen-bond donors (Lipinski definition) is 0. The minimum absolute atomic E-state index is 0.128. The minimum Gasteiger partial charge on any atom is -0.146 e. The Balaban J connectivity index is 1.91. The molecular formula is C14H15ClS. The lowest BCUT2D eigenvalue weighted by atomic mass is 10.1. The van der Waals surface area contributed by atoms with Gasteiger partial charge in [-0.1, -0.05) is 30.3 Å². The fourth-order valence-corrected chi connectivity index (χ4v) is 2.88. The van der Waals surface area contributed by atoms with Gasteiger partial charge >= 0.3 is 0 Å². The third-order valence-corrected chi connectivity index (χ3v) is 4.13. The van der Waals surface area contributed by atoms with Crippen LogP contribution in [-0.4, -0.2) is 0 Å². The molecule has 0 saturated heterocycles. The fourth-order valence-electron chi connectivity index (χ4n) is 1.72. The van der Waals surface area contributed by atoms with E-state index in [4.69, 9.17) is 11.6 Å². The summed E-state index contributed by atoms with van der Waals surface area (Å²) in [5.41, 5.74) is 1.22. The second-order valence-electron chi connectivity index (χ2n) is 3.93. The van der Waals surface area contributed by atoms with Gasteiger partial charge in [0.1, 0.15) is 0 Å². The fraction of sp³-hybridized carbons (Fsp3) is 0.286. The molecule has 0 aliphatic carbocycles. The highest BCUT2D eigenvalue weighted by Gasteiger charge is 2.07. The predicted molar refractivity (Wildman–Crippen MR) is 72.4 cm³/mol. The van der Waals surface area contributed by atoms with Gasteiger partial charge in [0.05, 0.1) is 5.38 Å². The molecule has 0 bridgehead atoms. The Morgan fingerprint density at radius 3 is 2.50 bits per heavy atom. The van der Waals surface area contributed by atoms with Crippen LogP contribution in [-0.2, 0) is 6.42 Å². The SMILES string of the molecule is Cc1ccc(CCC(Cl)c2ccccc2)s1. The molecule has 1 heterocycles. The lowest BCUT2D eigenvalue weighted by Gasteiger charge is -2.08. The second kappa shape index (κ2) is 5.51. The van der Waals surface area contributed by atoms with Gasteiger partial charge in [-0.15, -0.1) is 22.9 Å². The monoisotopic (exact) mass is 250 g/mol. The van der Waals surface area contributed by atoms with E-state index in [0.29, 0.717) is 0 Å². The van der Waals surface area contributed by atoms with E-state index in [9.17, 15) is 0 Å². The summed E-state index contributed by atoms with van der Waals surface area (Å²) < 4.78 is 0. The van der Waals surface area contributed by atoms with Crippen molar-refractivity contribution in [1.82, 2.24) is 0 Å². The average molecular weight is 251 g/mol. The van der Waals surface area contributed by atoms with Crippen LogP contribution in [0.1, 0.15) is 27.1 Å². The highest BCUT2D eigenvalue weighted by Crippen LogP contribution is 2.27. The first kappa shape index (κ1) is 11.7. The molecule has 0 N–H and O–H groups in total. The van der Waals surface area contributed by atoms with Crippen LogP contribution in [0.4, 0.5) is 0 Å². The van der Waals surface area contributed by atoms with Gasteiger partial charge in [-0.2, -0.15) is 0 Å². The number of hydrogen-bond acceptors (Lipinski definition) is 1. The number of rotatable bonds is 4. The van der Waals surface area contributed by atoms with Crippen molar-refractivity contribution in [2.45, 2.75) is 25.1 Å². The highest BCUT2D eigenvalue weighted by molar-refractivity contribution is 7.11. The van der Waals surface area contributed by atoms with Crippen molar-refractivity contribution in [1.29, 1.82) is 0 Å². The number of thiophene rings is 1. The van der Waals surface area contributed by atoms with E-state index < -0.39 is 0 Å². The zero-order valence-corrected chi connectivity index (χ0v) is 10.9. The van der Waals surface area contributed by atoms with Gasteiger partial charge in [-0.3, -0.25) is 0 Å². The molecule has 1 atom stereocenters. The summed E-state index contributed by atoms with van der Waals surface area (Å²) in [6.45, 7) is 2.14. The molecule has 2 rings (SSSR count). The van der Waals surface area contributed by atoms with Crippen LogP contribution in [0.3, 0.4) is 0 Å². The van der Waals surface area contributed by atoms with E-state index >= 15 is 0 Å². The maximum Gasteiger partial charge on any atom is 0.0588 e. The molecule has 2 heteroatoms. The van der Waals surface area contributed by atoms with Crippen molar-refractivity contribution >= 4 is 22.9 Å². The van der Waals surface area contributed by atoms with Gasteiger partial charge in [-0.05, 0) is 37.5 Å². The first-order chi connectivity index (χ1) is 7.75. The van der Waals surface area contributed by atoms with Crippen molar-refractivity contribution in [2.24, 2.45) is 0 Å². The summed E-state index contributed by atoms with van der Waals surface area (Å²) in [7, 11) is 0. The van der Waals surface area contributed by atoms with Crippen molar-refractivity contribution in [3.63, 3.8) is 0 Å². The summed E-state index contributed by atoms with van der Waals surface area (Å²) in [4.78, 5) is 2.81. The Bertz CT molecular complexity index is 433. The topological polar surface area (TPSA) is 0 Å². The smallest absolute Gasteiger partial charge is 0.0588 e. The summed E-state index contributed by atoms with van der Waals surface area (Å²) in [5, 5.41) is 0.128. The zero-order valence-electron chi connectivity index (χ0n) is 9.32. The van der Waals surface area contributed by atoms with E-state index in [1.165, 1.54) is 15.3 Å². The average Bonchev–Trinajstić information content (AvgIpc) is 2.73. The van der Waals surface area contributed by atoms with Crippen LogP contribution >= 0.6 is 22.9 Å². The Morgan fingerprint density at radius 1 is 1.12 bits per heavy atom. The van der Waals surface area contributed by atoms with Gasteiger partial charge in [0.25, 0.3) is 0 Å². The third kappa shape index (κ3) is 3.10. The van der Waals surface area contributed by atoms with Gasteiger partial charge in [0.15, 0.2) is 0 Å². The van der Waals surface area contributed by atoms with Crippen LogP contribution in [0.25, 0.3) is 0 Å². The normalized spacial score (nSPS) is 12.6.